The molecule has 1 rings (SSSR count). The third kappa shape index (κ3) is 3.81. The SMILES string of the molecule is CCN(CC)c1ncc(/C=N/NC(=O)C(N)=O)s1. The van der Waals surface area contributed by atoms with Crippen molar-refractivity contribution in [2.24, 2.45) is 10.8 Å². The first kappa shape index (κ1) is 14.1. The summed E-state index contributed by atoms with van der Waals surface area (Å²) in [4.78, 5) is 28.4. The number of primary amides is 1. The van der Waals surface area contributed by atoms with Crippen molar-refractivity contribution in [3.8, 4) is 0 Å². The Morgan fingerprint density at radius 3 is 2.78 bits per heavy atom. The lowest BCUT2D eigenvalue weighted by Crippen LogP contribution is -2.32. The van der Waals surface area contributed by atoms with Crippen LogP contribution in [0.2, 0.25) is 0 Å². The number of hydrogen-bond acceptors (Lipinski definition) is 6. The molecule has 3 N–H and O–H groups in total. The van der Waals surface area contributed by atoms with Crippen LogP contribution in [0.1, 0.15) is 18.7 Å². The van der Waals surface area contributed by atoms with Gasteiger partial charge in [0.1, 0.15) is 0 Å². The van der Waals surface area contributed by atoms with Crippen molar-refractivity contribution in [3.05, 3.63) is 11.1 Å². The van der Waals surface area contributed by atoms with Crippen molar-refractivity contribution >= 4 is 34.5 Å². The van der Waals surface area contributed by atoms with Gasteiger partial charge in [-0.15, -0.1) is 0 Å². The summed E-state index contributed by atoms with van der Waals surface area (Å²) >= 11 is 1.45. The highest BCUT2D eigenvalue weighted by Crippen LogP contribution is 2.20. The predicted octanol–water partition coefficient (Wildman–Crippen LogP) is -0.0753. The zero-order valence-electron chi connectivity index (χ0n) is 10.2. The fraction of sp³-hybridized carbons (Fsp3) is 0.400. The molecule has 0 atom stereocenters. The number of carbonyl (C=O) groups is 2. The molecule has 0 radical (unpaired) electrons. The van der Waals surface area contributed by atoms with Gasteiger partial charge in [-0.05, 0) is 13.8 Å². The summed E-state index contributed by atoms with van der Waals surface area (Å²) < 4.78 is 0. The maximum Gasteiger partial charge on any atom is 0.329 e. The van der Waals surface area contributed by atoms with Gasteiger partial charge >= 0.3 is 11.8 Å². The van der Waals surface area contributed by atoms with Gasteiger partial charge in [-0.25, -0.2) is 10.4 Å². The second-order valence-corrected chi connectivity index (χ2v) is 4.32. The zero-order valence-corrected chi connectivity index (χ0v) is 11.0. The Kier molecular flexibility index (Phi) is 5.25. The number of thiazole rings is 1. The fourth-order valence-corrected chi connectivity index (χ4v) is 2.10. The second-order valence-electron chi connectivity index (χ2n) is 3.28. The summed E-state index contributed by atoms with van der Waals surface area (Å²) in [5.74, 6) is -2.01. The Morgan fingerprint density at radius 2 is 2.22 bits per heavy atom. The maximum absolute atomic E-state index is 10.8. The predicted molar refractivity (Wildman–Crippen MR) is 70.6 cm³/mol. The van der Waals surface area contributed by atoms with Gasteiger partial charge in [0.05, 0.1) is 11.1 Å². The molecule has 7 nitrogen and oxygen atoms in total. The van der Waals surface area contributed by atoms with Crippen LogP contribution >= 0.6 is 11.3 Å². The molecule has 0 unspecified atom stereocenters. The average Bonchev–Trinajstić information content (AvgIpc) is 2.79. The number of rotatable bonds is 5. The third-order valence-electron chi connectivity index (χ3n) is 2.13. The number of anilines is 1. The Bertz CT molecular complexity index is 453. The van der Waals surface area contributed by atoms with E-state index in [1.54, 1.807) is 6.20 Å². The van der Waals surface area contributed by atoms with E-state index in [2.05, 4.69) is 15.0 Å². The van der Waals surface area contributed by atoms with Crippen molar-refractivity contribution in [2.75, 3.05) is 18.0 Å². The molecule has 18 heavy (non-hydrogen) atoms. The van der Waals surface area contributed by atoms with E-state index in [4.69, 9.17) is 5.73 Å². The number of hydrazone groups is 1. The molecule has 0 fully saturated rings. The molecular formula is C10H15N5O2S. The summed E-state index contributed by atoms with van der Waals surface area (Å²) in [7, 11) is 0. The summed E-state index contributed by atoms with van der Waals surface area (Å²) in [6.07, 6.45) is 3.07. The van der Waals surface area contributed by atoms with Crippen molar-refractivity contribution in [2.45, 2.75) is 13.8 Å². The van der Waals surface area contributed by atoms with Gasteiger partial charge in [0, 0.05) is 19.3 Å². The Labute approximate surface area is 109 Å². The molecule has 0 aliphatic heterocycles. The monoisotopic (exact) mass is 269 g/mol. The van der Waals surface area contributed by atoms with Crippen LogP contribution in [0.3, 0.4) is 0 Å². The standard InChI is InChI=1S/C10H15N5O2S/c1-3-15(4-2)10-12-5-7(18-10)6-13-14-9(17)8(11)16/h5-6H,3-4H2,1-2H3,(H2,11,16)(H,14,17)/b13-6+. The number of nitrogens with one attached hydrogen (secondary N) is 1. The van der Waals surface area contributed by atoms with Crippen LogP contribution in [0.25, 0.3) is 0 Å². The van der Waals surface area contributed by atoms with Crippen LogP contribution in [-0.4, -0.2) is 36.1 Å². The minimum absolute atomic E-state index is 0.779. The highest BCUT2D eigenvalue weighted by atomic mass is 32.1. The normalized spacial score (nSPS) is 10.6. The molecule has 0 spiro atoms. The summed E-state index contributed by atoms with van der Waals surface area (Å²) in [6, 6.07) is 0. The molecule has 1 aromatic heterocycles. The number of nitrogens with two attached hydrogens (primary N) is 1. The highest BCUT2D eigenvalue weighted by Gasteiger charge is 2.07. The van der Waals surface area contributed by atoms with Gasteiger partial charge in [-0.2, -0.15) is 5.10 Å². The van der Waals surface area contributed by atoms with Gasteiger partial charge in [-0.3, -0.25) is 9.59 Å². The van der Waals surface area contributed by atoms with E-state index in [0.29, 0.717) is 0 Å². The minimum atomic E-state index is -1.07. The summed E-state index contributed by atoms with van der Waals surface area (Å²) in [5.41, 5.74) is 6.77. The lowest BCUT2D eigenvalue weighted by Gasteiger charge is -2.16. The van der Waals surface area contributed by atoms with Crippen LogP contribution in [-0.2, 0) is 9.59 Å². The Hall–Kier alpha value is -1.96. The summed E-state index contributed by atoms with van der Waals surface area (Å²) in [5, 5.41) is 4.51. The van der Waals surface area contributed by atoms with E-state index in [9.17, 15) is 9.59 Å². The average molecular weight is 269 g/mol. The smallest absolute Gasteiger partial charge is 0.329 e. The van der Waals surface area contributed by atoms with E-state index < -0.39 is 11.8 Å². The molecule has 2 amide bonds. The van der Waals surface area contributed by atoms with Crippen LogP contribution in [0, 0.1) is 0 Å². The molecule has 1 heterocycles. The van der Waals surface area contributed by atoms with Gasteiger partial charge in [0.15, 0.2) is 5.13 Å². The quantitative estimate of drug-likeness (QED) is 0.443. The largest absolute Gasteiger partial charge is 0.361 e. The fourth-order valence-electron chi connectivity index (χ4n) is 1.19. The first-order valence-electron chi connectivity index (χ1n) is 5.42. The molecule has 0 saturated heterocycles. The van der Waals surface area contributed by atoms with Crippen LogP contribution in [0.4, 0.5) is 5.13 Å². The third-order valence-corrected chi connectivity index (χ3v) is 3.12. The highest BCUT2D eigenvalue weighted by molar-refractivity contribution is 7.17. The zero-order chi connectivity index (χ0) is 13.5. The van der Waals surface area contributed by atoms with Crippen molar-refractivity contribution in [3.63, 3.8) is 0 Å². The van der Waals surface area contributed by atoms with E-state index in [0.717, 1.165) is 23.1 Å². The van der Waals surface area contributed by atoms with Crippen LogP contribution < -0.4 is 16.1 Å². The molecule has 0 bridgehead atoms. The van der Waals surface area contributed by atoms with Gasteiger partial charge < -0.3 is 10.6 Å². The second kappa shape index (κ2) is 6.70. The van der Waals surface area contributed by atoms with Crippen LogP contribution in [0.5, 0.6) is 0 Å². The Balaban J connectivity index is 2.61. The number of aromatic nitrogens is 1. The van der Waals surface area contributed by atoms with E-state index in [-0.39, 0.29) is 0 Å². The van der Waals surface area contributed by atoms with E-state index in [1.165, 1.54) is 17.6 Å². The first-order valence-corrected chi connectivity index (χ1v) is 6.23. The lowest BCUT2D eigenvalue weighted by molar-refractivity contribution is -0.137. The molecule has 0 aliphatic carbocycles. The topological polar surface area (TPSA) is 101 Å². The number of nitrogens with zero attached hydrogens (tertiary/aromatic N) is 3. The molecule has 8 heteroatoms. The van der Waals surface area contributed by atoms with Gasteiger partial charge in [0.2, 0.25) is 0 Å². The van der Waals surface area contributed by atoms with E-state index in [1.807, 2.05) is 19.3 Å². The molecule has 0 aromatic carbocycles. The molecule has 0 saturated carbocycles. The Morgan fingerprint density at radius 1 is 1.56 bits per heavy atom. The lowest BCUT2D eigenvalue weighted by atomic mass is 10.6. The number of carbonyl (C=O) groups excluding carboxylic acids is 2. The maximum atomic E-state index is 10.8. The molecule has 98 valence electrons. The van der Waals surface area contributed by atoms with E-state index >= 15 is 0 Å². The van der Waals surface area contributed by atoms with Crippen molar-refractivity contribution in [1.82, 2.24) is 10.4 Å². The summed E-state index contributed by atoms with van der Waals surface area (Å²) in [6.45, 7) is 5.84. The van der Waals surface area contributed by atoms with Crippen molar-refractivity contribution < 1.29 is 9.59 Å². The number of amides is 2. The first-order chi connectivity index (χ1) is 8.58. The van der Waals surface area contributed by atoms with Crippen LogP contribution in [0.15, 0.2) is 11.3 Å². The molecule has 0 aliphatic rings. The van der Waals surface area contributed by atoms with Gasteiger partial charge in [-0.1, -0.05) is 11.3 Å². The molecular weight excluding hydrogens is 254 g/mol. The van der Waals surface area contributed by atoms with Gasteiger partial charge in [0.25, 0.3) is 0 Å². The molecule has 1 aromatic rings. The number of hydrogen-bond donors (Lipinski definition) is 2. The minimum Gasteiger partial charge on any atom is -0.361 e. The van der Waals surface area contributed by atoms with Crippen molar-refractivity contribution in [1.29, 1.82) is 0 Å².